The molecule has 0 atom stereocenters. The van der Waals surface area contributed by atoms with Crippen LogP contribution < -0.4 is 4.74 Å². The highest BCUT2D eigenvalue weighted by Gasteiger charge is 2.23. The topological polar surface area (TPSA) is 65.6 Å². The van der Waals surface area contributed by atoms with Crippen molar-refractivity contribution in [2.24, 2.45) is 0 Å². The highest BCUT2D eigenvalue weighted by molar-refractivity contribution is 5.79. The molecule has 1 aromatic heterocycles. The summed E-state index contributed by atoms with van der Waals surface area (Å²) in [5.74, 6) is 0.625. The van der Waals surface area contributed by atoms with E-state index in [4.69, 9.17) is 4.74 Å². The molecule has 1 saturated heterocycles. The van der Waals surface area contributed by atoms with Crippen LogP contribution in [-0.4, -0.2) is 53.0 Å². The van der Waals surface area contributed by atoms with Crippen LogP contribution in [0.25, 0.3) is 0 Å². The Morgan fingerprint density at radius 2 is 1.75 bits per heavy atom. The van der Waals surface area contributed by atoms with Gasteiger partial charge in [-0.15, -0.1) is 0 Å². The number of hydrogen-bond acceptors (Lipinski definition) is 3. The van der Waals surface area contributed by atoms with Crippen LogP contribution in [0.3, 0.4) is 0 Å². The molecule has 24 heavy (non-hydrogen) atoms. The Kier molecular flexibility index (Phi) is 5.15. The molecule has 0 saturated carbocycles. The fraction of sp³-hybridized carbons (Fsp3) is 0.333. The first-order valence-electron chi connectivity index (χ1n) is 8.13. The molecular formula is C18H21N3O3. The molecule has 0 bridgehead atoms. The lowest BCUT2D eigenvalue weighted by Crippen LogP contribution is -2.39. The molecule has 0 aliphatic carbocycles. The van der Waals surface area contributed by atoms with Crippen molar-refractivity contribution in [1.82, 2.24) is 14.8 Å². The maximum atomic E-state index is 12.4. The average molecular weight is 327 g/mol. The fourth-order valence-electron chi connectivity index (χ4n) is 2.76. The number of aromatic amines is 1. The molecule has 2 amide bonds. The fourth-order valence-corrected chi connectivity index (χ4v) is 2.76. The summed E-state index contributed by atoms with van der Waals surface area (Å²) in [5.41, 5.74) is 0.976. The van der Waals surface area contributed by atoms with E-state index < -0.39 is 0 Å². The summed E-state index contributed by atoms with van der Waals surface area (Å²) < 4.78 is 5.37. The van der Waals surface area contributed by atoms with Crippen molar-refractivity contribution in [3.05, 3.63) is 54.4 Å². The van der Waals surface area contributed by atoms with Gasteiger partial charge in [-0.2, -0.15) is 0 Å². The van der Waals surface area contributed by atoms with Crippen LogP contribution in [0.2, 0.25) is 0 Å². The van der Waals surface area contributed by atoms with E-state index in [1.165, 1.54) is 0 Å². The lowest BCUT2D eigenvalue weighted by molar-refractivity contribution is -0.130. The predicted octanol–water partition coefficient (Wildman–Crippen LogP) is 2.29. The number of nitrogens with zero attached hydrogens (tertiary/aromatic N) is 2. The van der Waals surface area contributed by atoms with Gasteiger partial charge in [-0.3, -0.25) is 4.79 Å². The molecule has 1 aromatic carbocycles. The van der Waals surface area contributed by atoms with E-state index in [-0.39, 0.29) is 12.0 Å². The van der Waals surface area contributed by atoms with Gasteiger partial charge in [-0.1, -0.05) is 18.2 Å². The number of hydrogen-bond donors (Lipinski definition) is 1. The second-order valence-corrected chi connectivity index (χ2v) is 5.80. The SMILES string of the molecule is O=C(Cc1cc[nH]c1)N1CCCN(C(=O)Oc2ccccc2)CC1. The smallest absolute Gasteiger partial charge is 0.410 e. The van der Waals surface area contributed by atoms with E-state index >= 15 is 0 Å². The second-order valence-electron chi connectivity index (χ2n) is 5.80. The highest BCUT2D eigenvalue weighted by atomic mass is 16.6. The Balaban J connectivity index is 1.52. The van der Waals surface area contributed by atoms with Crippen molar-refractivity contribution < 1.29 is 14.3 Å². The van der Waals surface area contributed by atoms with Gasteiger partial charge in [-0.05, 0) is 30.2 Å². The Hall–Kier alpha value is -2.76. The van der Waals surface area contributed by atoms with Gasteiger partial charge >= 0.3 is 6.09 Å². The van der Waals surface area contributed by atoms with Gasteiger partial charge in [-0.25, -0.2) is 4.79 Å². The van der Waals surface area contributed by atoms with Crippen LogP contribution in [0, 0.1) is 0 Å². The lowest BCUT2D eigenvalue weighted by Gasteiger charge is -2.21. The van der Waals surface area contributed by atoms with Gasteiger partial charge in [0.1, 0.15) is 5.75 Å². The molecule has 0 spiro atoms. The zero-order chi connectivity index (χ0) is 16.8. The Bertz CT molecular complexity index is 670. The number of para-hydroxylation sites is 1. The Morgan fingerprint density at radius 3 is 2.50 bits per heavy atom. The van der Waals surface area contributed by atoms with Gasteiger partial charge in [0, 0.05) is 38.6 Å². The lowest BCUT2D eigenvalue weighted by atomic mass is 10.2. The number of amides is 2. The molecule has 1 aliphatic rings. The second kappa shape index (κ2) is 7.68. The van der Waals surface area contributed by atoms with Gasteiger partial charge < -0.3 is 19.5 Å². The first kappa shape index (κ1) is 16.1. The minimum absolute atomic E-state index is 0.0906. The van der Waals surface area contributed by atoms with Crippen LogP contribution >= 0.6 is 0 Å². The van der Waals surface area contributed by atoms with Crippen molar-refractivity contribution in [1.29, 1.82) is 0 Å². The molecule has 1 fully saturated rings. The van der Waals surface area contributed by atoms with E-state index in [2.05, 4.69) is 4.98 Å². The van der Waals surface area contributed by atoms with Gasteiger partial charge in [0.05, 0.1) is 6.42 Å². The van der Waals surface area contributed by atoms with Gasteiger partial charge in [0.15, 0.2) is 0 Å². The van der Waals surface area contributed by atoms with Crippen LogP contribution in [0.5, 0.6) is 5.75 Å². The van der Waals surface area contributed by atoms with E-state index in [0.29, 0.717) is 38.3 Å². The summed E-state index contributed by atoms with van der Waals surface area (Å²) >= 11 is 0. The highest BCUT2D eigenvalue weighted by Crippen LogP contribution is 2.12. The molecular weight excluding hydrogens is 306 g/mol. The maximum absolute atomic E-state index is 12.4. The maximum Gasteiger partial charge on any atom is 0.415 e. The quantitative estimate of drug-likeness (QED) is 0.940. The zero-order valence-corrected chi connectivity index (χ0v) is 13.5. The largest absolute Gasteiger partial charge is 0.415 e. The van der Waals surface area contributed by atoms with Crippen molar-refractivity contribution in [2.75, 3.05) is 26.2 Å². The molecule has 2 heterocycles. The number of rotatable bonds is 3. The van der Waals surface area contributed by atoms with Crippen molar-refractivity contribution in [3.63, 3.8) is 0 Å². The molecule has 0 unspecified atom stereocenters. The summed E-state index contributed by atoms with van der Waals surface area (Å²) in [6.45, 7) is 2.29. The first-order chi connectivity index (χ1) is 11.7. The van der Waals surface area contributed by atoms with Gasteiger partial charge in [0.25, 0.3) is 0 Å². The summed E-state index contributed by atoms with van der Waals surface area (Å²) in [4.78, 5) is 31.1. The van der Waals surface area contributed by atoms with E-state index in [9.17, 15) is 9.59 Å². The molecule has 3 rings (SSSR count). The van der Waals surface area contributed by atoms with Crippen LogP contribution in [-0.2, 0) is 11.2 Å². The van der Waals surface area contributed by atoms with E-state index in [1.807, 2.05) is 41.6 Å². The third-order valence-electron chi connectivity index (χ3n) is 4.07. The van der Waals surface area contributed by atoms with E-state index in [0.717, 1.165) is 12.0 Å². The minimum Gasteiger partial charge on any atom is -0.410 e. The van der Waals surface area contributed by atoms with Gasteiger partial charge in [0.2, 0.25) is 5.91 Å². The number of H-pyrrole nitrogens is 1. The Labute approximate surface area is 141 Å². The number of nitrogens with one attached hydrogen (secondary N) is 1. The standard InChI is InChI=1S/C18H21N3O3/c22-17(13-15-7-8-19-14-15)20-9-4-10-21(12-11-20)18(23)24-16-5-2-1-3-6-16/h1-3,5-8,14,19H,4,9-13H2. The van der Waals surface area contributed by atoms with Crippen molar-refractivity contribution >= 4 is 12.0 Å². The molecule has 2 aromatic rings. The van der Waals surface area contributed by atoms with E-state index in [1.54, 1.807) is 17.0 Å². The summed E-state index contributed by atoms with van der Waals surface area (Å²) in [5, 5.41) is 0. The minimum atomic E-state index is -0.360. The molecule has 6 heteroatoms. The number of carbonyl (C=O) groups excluding carboxylic acids is 2. The number of benzene rings is 1. The number of aromatic nitrogens is 1. The predicted molar refractivity (Wildman–Crippen MR) is 89.7 cm³/mol. The third-order valence-corrected chi connectivity index (χ3v) is 4.07. The summed E-state index contributed by atoms with van der Waals surface area (Å²) in [6, 6.07) is 10.9. The van der Waals surface area contributed by atoms with Crippen LogP contribution in [0.15, 0.2) is 48.8 Å². The van der Waals surface area contributed by atoms with Crippen molar-refractivity contribution in [2.45, 2.75) is 12.8 Å². The molecule has 1 aliphatic heterocycles. The summed E-state index contributed by atoms with van der Waals surface area (Å²) in [6.07, 6.45) is 4.42. The monoisotopic (exact) mass is 327 g/mol. The first-order valence-corrected chi connectivity index (χ1v) is 8.13. The van der Waals surface area contributed by atoms with Crippen LogP contribution in [0.4, 0.5) is 4.79 Å². The Morgan fingerprint density at radius 1 is 1.00 bits per heavy atom. The molecule has 6 nitrogen and oxygen atoms in total. The number of ether oxygens (including phenoxy) is 1. The summed E-state index contributed by atoms with van der Waals surface area (Å²) in [7, 11) is 0. The van der Waals surface area contributed by atoms with Crippen LogP contribution in [0.1, 0.15) is 12.0 Å². The molecule has 0 radical (unpaired) electrons. The van der Waals surface area contributed by atoms with Crippen molar-refractivity contribution in [3.8, 4) is 5.75 Å². The third kappa shape index (κ3) is 4.16. The average Bonchev–Trinajstić information content (AvgIpc) is 2.96. The molecule has 1 N–H and O–H groups in total. The zero-order valence-electron chi connectivity index (χ0n) is 13.5. The molecule has 126 valence electrons. The number of carbonyl (C=O) groups is 2. The normalized spacial score (nSPS) is 15.0.